The molecule has 0 fully saturated rings. The third-order valence-electron chi connectivity index (χ3n) is 5.50. The number of ether oxygens (including phenoxy) is 1. The smallest absolute Gasteiger partial charge is 0.258 e. The molecule has 1 atom stereocenters. The van der Waals surface area contributed by atoms with Gasteiger partial charge in [0.05, 0.1) is 11.5 Å². The molecule has 2 amide bonds. The number of hydrogen-bond donors (Lipinski definition) is 2. The van der Waals surface area contributed by atoms with Gasteiger partial charge >= 0.3 is 0 Å². The van der Waals surface area contributed by atoms with Crippen molar-refractivity contribution < 1.29 is 18.7 Å². The average Bonchev–Trinajstić information content (AvgIpc) is 2.82. The third-order valence-corrected chi connectivity index (χ3v) is 5.50. The fourth-order valence-corrected chi connectivity index (χ4v) is 3.78. The van der Waals surface area contributed by atoms with Gasteiger partial charge in [-0.3, -0.25) is 9.59 Å². The van der Waals surface area contributed by atoms with Gasteiger partial charge in [0.2, 0.25) is 5.91 Å². The number of aryl methyl sites for hydroxylation is 1. The largest absolute Gasteiger partial charge is 0.492 e. The maximum Gasteiger partial charge on any atom is 0.258 e. The second-order valence-electron chi connectivity index (χ2n) is 7.85. The van der Waals surface area contributed by atoms with E-state index in [0.29, 0.717) is 31.0 Å². The van der Waals surface area contributed by atoms with E-state index in [1.165, 1.54) is 23.8 Å². The Morgan fingerprint density at radius 2 is 1.78 bits per heavy atom. The third kappa shape index (κ3) is 5.32. The lowest BCUT2D eigenvalue weighted by Crippen LogP contribution is -2.37. The number of hydrogen-bond acceptors (Lipinski definition) is 3. The number of benzene rings is 3. The van der Waals surface area contributed by atoms with Crippen molar-refractivity contribution in [1.29, 1.82) is 0 Å². The molecular formula is C26H25FN2O3. The van der Waals surface area contributed by atoms with Gasteiger partial charge in [0, 0.05) is 12.2 Å². The van der Waals surface area contributed by atoms with Gasteiger partial charge in [-0.1, -0.05) is 42.5 Å². The molecule has 1 heterocycles. The van der Waals surface area contributed by atoms with Gasteiger partial charge in [-0.25, -0.2) is 4.39 Å². The summed E-state index contributed by atoms with van der Waals surface area (Å²) in [6, 6.07) is 21.3. The zero-order chi connectivity index (χ0) is 22.3. The standard InChI is InChI=1S/C26H25FN2O3/c27-23-11-5-4-10-22(23)26(31)29-21-12-13-24-19(16-21)15-20(17-32-24)25(30)28-14-6-9-18-7-2-1-3-8-18/h1-5,7-8,10-13,16,20H,6,9,14-15,17H2,(H,28,30)(H,29,31)/t20-/m0/s1. The maximum atomic E-state index is 13.9. The molecule has 5 nitrogen and oxygen atoms in total. The number of halogens is 1. The predicted molar refractivity (Wildman–Crippen MR) is 121 cm³/mol. The van der Waals surface area contributed by atoms with Crippen molar-refractivity contribution >= 4 is 17.5 Å². The summed E-state index contributed by atoms with van der Waals surface area (Å²) in [7, 11) is 0. The maximum absolute atomic E-state index is 13.9. The van der Waals surface area contributed by atoms with Crippen LogP contribution in [0.1, 0.15) is 27.9 Å². The molecule has 1 aliphatic rings. The first-order valence-electron chi connectivity index (χ1n) is 10.7. The molecule has 3 aromatic carbocycles. The molecule has 1 aliphatic heterocycles. The molecule has 0 saturated heterocycles. The first-order valence-corrected chi connectivity index (χ1v) is 10.7. The van der Waals surface area contributed by atoms with Crippen molar-refractivity contribution in [3.63, 3.8) is 0 Å². The summed E-state index contributed by atoms with van der Waals surface area (Å²) in [5.41, 5.74) is 2.60. The molecule has 0 unspecified atom stereocenters. The molecule has 0 aromatic heterocycles. The van der Waals surface area contributed by atoms with Gasteiger partial charge in [0.25, 0.3) is 5.91 Å². The minimum absolute atomic E-state index is 0.0192. The van der Waals surface area contributed by atoms with Crippen molar-refractivity contribution in [1.82, 2.24) is 5.32 Å². The van der Waals surface area contributed by atoms with E-state index in [2.05, 4.69) is 22.8 Å². The van der Waals surface area contributed by atoms with Crippen LogP contribution < -0.4 is 15.4 Å². The molecule has 0 saturated carbocycles. The van der Waals surface area contributed by atoms with Gasteiger partial charge < -0.3 is 15.4 Å². The van der Waals surface area contributed by atoms with Gasteiger partial charge in [-0.05, 0) is 60.7 Å². The summed E-state index contributed by atoms with van der Waals surface area (Å²) in [5, 5.41) is 5.71. The highest BCUT2D eigenvalue weighted by atomic mass is 19.1. The molecule has 32 heavy (non-hydrogen) atoms. The van der Waals surface area contributed by atoms with E-state index in [1.54, 1.807) is 24.3 Å². The van der Waals surface area contributed by atoms with Gasteiger partial charge in [-0.15, -0.1) is 0 Å². The molecular weight excluding hydrogens is 407 g/mol. The fourth-order valence-electron chi connectivity index (χ4n) is 3.78. The highest BCUT2D eigenvalue weighted by Gasteiger charge is 2.26. The van der Waals surface area contributed by atoms with Crippen LogP contribution in [-0.4, -0.2) is 25.0 Å². The molecule has 0 aliphatic carbocycles. The number of carbonyl (C=O) groups is 2. The molecule has 3 aromatic rings. The summed E-state index contributed by atoms with van der Waals surface area (Å²) >= 11 is 0. The van der Waals surface area contributed by atoms with Crippen LogP contribution in [0.25, 0.3) is 0 Å². The van der Waals surface area contributed by atoms with Gasteiger partial charge in [-0.2, -0.15) is 0 Å². The van der Waals surface area contributed by atoms with Crippen LogP contribution in [0.15, 0.2) is 72.8 Å². The molecule has 0 bridgehead atoms. The molecule has 6 heteroatoms. The number of fused-ring (bicyclic) bond motifs is 1. The fraction of sp³-hybridized carbons (Fsp3) is 0.231. The lowest BCUT2D eigenvalue weighted by Gasteiger charge is -2.25. The summed E-state index contributed by atoms with van der Waals surface area (Å²) in [6.45, 7) is 0.925. The van der Waals surface area contributed by atoms with Crippen LogP contribution in [-0.2, 0) is 17.6 Å². The topological polar surface area (TPSA) is 67.4 Å². The minimum atomic E-state index is -0.574. The Morgan fingerprint density at radius 3 is 2.59 bits per heavy atom. The summed E-state index contributed by atoms with van der Waals surface area (Å²) in [5.74, 6) is -0.731. The Morgan fingerprint density at radius 1 is 1.00 bits per heavy atom. The number of carbonyl (C=O) groups excluding carboxylic acids is 2. The molecule has 0 radical (unpaired) electrons. The van der Waals surface area contributed by atoms with E-state index in [0.717, 1.165) is 18.4 Å². The van der Waals surface area contributed by atoms with Crippen molar-refractivity contribution in [2.75, 3.05) is 18.5 Å². The first-order chi connectivity index (χ1) is 15.6. The van der Waals surface area contributed by atoms with Crippen LogP contribution in [0.4, 0.5) is 10.1 Å². The van der Waals surface area contributed by atoms with E-state index in [-0.39, 0.29) is 17.4 Å². The quantitative estimate of drug-likeness (QED) is 0.545. The van der Waals surface area contributed by atoms with Crippen molar-refractivity contribution in [3.05, 3.63) is 95.3 Å². The van der Waals surface area contributed by atoms with Crippen LogP contribution in [0.5, 0.6) is 5.75 Å². The van der Waals surface area contributed by atoms with Crippen molar-refractivity contribution in [2.24, 2.45) is 5.92 Å². The van der Waals surface area contributed by atoms with Crippen LogP contribution >= 0.6 is 0 Å². The Labute approximate surface area is 186 Å². The number of anilines is 1. The Balaban J connectivity index is 1.32. The van der Waals surface area contributed by atoms with E-state index in [4.69, 9.17) is 4.74 Å². The lowest BCUT2D eigenvalue weighted by molar-refractivity contribution is -0.126. The summed E-state index contributed by atoms with van der Waals surface area (Å²) < 4.78 is 19.6. The van der Waals surface area contributed by atoms with Crippen molar-refractivity contribution in [3.8, 4) is 5.75 Å². The van der Waals surface area contributed by atoms with Crippen molar-refractivity contribution in [2.45, 2.75) is 19.3 Å². The van der Waals surface area contributed by atoms with Crippen LogP contribution in [0.2, 0.25) is 0 Å². The van der Waals surface area contributed by atoms with Gasteiger partial charge in [0.1, 0.15) is 18.2 Å². The van der Waals surface area contributed by atoms with E-state index in [9.17, 15) is 14.0 Å². The predicted octanol–water partition coefficient (Wildman–Crippen LogP) is 4.38. The first kappa shape index (κ1) is 21.6. The summed E-state index contributed by atoms with van der Waals surface area (Å²) in [4.78, 5) is 25.0. The molecule has 2 N–H and O–H groups in total. The monoisotopic (exact) mass is 432 g/mol. The number of nitrogens with one attached hydrogen (secondary N) is 2. The Hall–Kier alpha value is -3.67. The van der Waals surface area contributed by atoms with E-state index in [1.807, 2.05) is 18.2 Å². The number of rotatable bonds is 7. The zero-order valence-corrected chi connectivity index (χ0v) is 17.6. The minimum Gasteiger partial charge on any atom is -0.492 e. The molecule has 4 rings (SSSR count). The Kier molecular flexibility index (Phi) is 6.80. The summed E-state index contributed by atoms with van der Waals surface area (Å²) in [6.07, 6.45) is 2.30. The van der Waals surface area contributed by atoms with Crippen LogP contribution in [0.3, 0.4) is 0 Å². The normalized spacial score (nSPS) is 14.7. The van der Waals surface area contributed by atoms with E-state index >= 15 is 0 Å². The van der Waals surface area contributed by atoms with E-state index < -0.39 is 11.7 Å². The highest BCUT2D eigenvalue weighted by Crippen LogP contribution is 2.30. The highest BCUT2D eigenvalue weighted by molar-refractivity contribution is 6.04. The molecule has 0 spiro atoms. The second-order valence-corrected chi connectivity index (χ2v) is 7.85. The zero-order valence-electron chi connectivity index (χ0n) is 17.6. The average molecular weight is 432 g/mol. The molecule has 164 valence electrons. The lowest BCUT2D eigenvalue weighted by atomic mass is 9.95. The SMILES string of the molecule is O=C(Nc1ccc2c(c1)C[C@H](C(=O)NCCCc1ccccc1)CO2)c1ccccc1F. The van der Waals surface area contributed by atoms with Gasteiger partial charge in [0.15, 0.2) is 0 Å². The second kappa shape index (κ2) is 10.1. The number of amides is 2. The van der Waals surface area contributed by atoms with Crippen LogP contribution in [0, 0.1) is 11.7 Å². The Bertz CT molecular complexity index is 1100.